The summed E-state index contributed by atoms with van der Waals surface area (Å²) in [5, 5.41) is 6.87. The molecule has 0 aliphatic rings. The lowest BCUT2D eigenvalue weighted by atomic mass is 10.3. The van der Waals surface area contributed by atoms with Crippen molar-refractivity contribution in [1.82, 2.24) is 0 Å². The van der Waals surface area contributed by atoms with Gasteiger partial charge in [0.15, 0.2) is 5.11 Å². The molecule has 162 valence electrons. The normalized spacial score (nSPS) is 10.8. The lowest BCUT2D eigenvalue weighted by Crippen LogP contribution is -2.20. The van der Waals surface area contributed by atoms with Crippen LogP contribution in [-0.4, -0.2) is 27.7 Å². The molecule has 7 nitrogen and oxygen atoms in total. The third-order valence-electron chi connectivity index (χ3n) is 4.16. The minimum atomic E-state index is -3.82. The van der Waals surface area contributed by atoms with Crippen molar-refractivity contribution in [3.05, 3.63) is 71.8 Å². The lowest BCUT2D eigenvalue weighted by Gasteiger charge is -2.15. The Balaban J connectivity index is 1.75. The first-order chi connectivity index (χ1) is 14.8. The number of sulfonamides is 1. The van der Waals surface area contributed by atoms with E-state index in [2.05, 4.69) is 15.4 Å². The second-order valence-corrected chi connectivity index (χ2v) is 8.81. The number of hydrogen-bond donors (Lipinski definition) is 3. The molecule has 0 heterocycles. The minimum absolute atomic E-state index is 0.0384. The zero-order valence-electron chi connectivity index (χ0n) is 16.7. The fourth-order valence-electron chi connectivity index (χ4n) is 2.66. The molecule has 0 amide bonds. The van der Waals surface area contributed by atoms with Gasteiger partial charge in [0.2, 0.25) is 0 Å². The Morgan fingerprint density at radius 1 is 0.903 bits per heavy atom. The predicted octanol–water partition coefficient (Wildman–Crippen LogP) is 4.97. The molecule has 3 aromatic carbocycles. The van der Waals surface area contributed by atoms with Crippen LogP contribution in [0.4, 0.5) is 17.1 Å². The zero-order valence-corrected chi connectivity index (χ0v) is 19.1. The molecule has 0 unspecified atom stereocenters. The van der Waals surface area contributed by atoms with E-state index in [1.54, 1.807) is 43.5 Å². The number of thiocarbonyl (C=S) groups is 1. The molecule has 0 radical (unpaired) electrons. The fourth-order valence-corrected chi connectivity index (χ4v) is 4.09. The van der Waals surface area contributed by atoms with Crippen molar-refractivity contribution < 1.29 is 17.9 Å². The summed E-state index contributed by atoms with van der Waals surface area (Å²) in [4.78, 5) is 0.0384. The van der Waals surface area contributed by atoms with E-state index >= 15 is 0 Å². The first-order valence-corrected chi connectivity index (χ1v) is 11.3. The van der Waals surface area contributed by atoms with Crippen LogP contribution in [0.3, 0.4) is 0 Å². The van der Waals surface area contributed by atoms with E-state index in [4.69, 9.17) is 33.3 Å². The van der Waals surface area contributed by atoms with E-state index < -0.39 is 10.0 Å². The highest BCUT2D eigenvalue weighted by molar-refractivity contribution is 7.92. The second kappa shape index (κ2) is 9.86. The topological polar surface area (TPSA) is 88.7 Å². The third kappa shape index (κ3) is 6.00. The Bertz CT molecular complexity index is 1190. The summed E-state index contributed by atoms with van der Waals surface area (Å²) in [6.07, 6.45) is 0. The molecule has 3 aromatic rings. The molecule has 0 saturated carbocycles. The molecule has 10 heteroatoms. The van der Waals surface area contributed by atoms with Gasteiger partial charge in [-0.3, -0.25) is 4.72 Å². The van der Waals surface area contributed by atoms with Gasteiger partial charge >= 0.3 is 0 Å². The van der Waals surface area contributed by atoms with Gasteiger partial charge in [-0.2, -0.15) is 0 Å². The van der Waals surface area contributed by atoms with Crippen molar-refractivity contribution in [3.8, 4) is 11.5 Å². The summed E-state index contributed by atoms with van der Waals surface area (Å²) < 4.78 is 38.5. The summed E-state index contributed by atoms with van der Waals surface area (Å²) in [6, 6.07) is 18.1. The van der Waals surface area contributed by atoms with Gasteiger partial charge in [-0.15, -0.1) is 0 Å². The molecule has 0 aliphatic heterocycles. The van der Waals surface area contributed by atoms with E-state index in [0.29, 0.717) is 33.0 Å². The Hall–Kier alpha value is -3.01. The third-order valence-corrected chi connectivity index (χ3v) is 5.99. The Labute approximate surface area is 191 Å². The number of anilines is 3. The zero-order chi connectivity index (χ0) is 22.4. The van der Waals surface area contributed by atoms with E-state index in [0.717, 1.165) is 5.69 Å². The predicted molar refractivity (Wildman–Crippen MR) is 128 cm³/mol. The maximum atomic E-state index is 12.7. The summed E-state index contributed by atoms with van der Waals surface area (Å²) in [5.41, 5.74) is 1.64. The van der Waals surface area contributed by atoms with Crippen molar-refractivity contribution in [2.24, 2.45) is 0 Å². The number of nitrogens with one attached hydrogen (secondary N) is 3. The van der Waals surface area contributed by atoms with Crippen LogP contribution in [0, 0.1) is 0 Å². The summed E-state index contributed by atoms with van der Waals surface area (Å²) in [6.45, 7) is 0. The molecular weight excluding hydrogens is 458 g/mol. The van der Waals surface area contributed by atoms with Crippen LogP contribution in [0.25, 0.3) is 0 Å². The number of rotatable bonds is 7. The molecule has 0 fully saturated rings. The molecule has 0 aromatic heterocycles. The first kappa shape index (κ1) is 22.7. The highest BCUT2D eigenvalue weighted by Crippen LogP contribution is 2.29. The van der Waals surface area contributed by atoms with Crippen molar-refractivity contribution in [2.45, 2.75) is 4.90 Å². The van der Waals surface area contributed by atoms with Crippen molar-refractivity contribution in [3.63, 3.8) is 0 Å². The van der Waals surface area contributed by atoms with Gasteiger partial charge in [-0.05, 0) is 60.7 Å². The molecule has 0 bridgehead atoms. The van der Waals surface area contributed by atoms with Crippen LogP contribution in [-0.2, 0) is 10.0 Å². The standard InChI is InChI=1S/C21H20ClN3O4S2/c1-28-17-5-3-4-16(12-17)23-21(30)24-19-11-10-18(13-20(19)29-2)31(26,27)25-15-8-6-14(22)7-9-15/h3-13,25H,1-2H3,(H2,23,24,30). The van der Waals surface area contributed by atoms with Crippen LogP contribution >= 0.6 is 23.8 Å². The van der Waals surface area contributed by atoms with Gasteiger partial charge in [0.25, 0.3) is 10.0 Å². The summed E-state index contributed by atoms with van der Waals surface area (Å²) in [7, 11) is -0.796. The average molecular weight is 478 g/mol. The highest BCUT2D eigenvalue weighted by atomic mass is 35.5. The van der Waals surface area contributed by atoms with E-state index in [1.807, 2.05) is 18.2 Å². The van der Waals surface area contributed by atoms with Gasteiger partial charge < -0.3 is 20.1 Å². The molecular formula is C21H20ClN3O4S2. The molecule has 0 aliphatic carbocycles. The fraction of sp³-hybridized carbons (Fsp3) is 0.0952. The lowest BCUT2D eigenvalue weighted by molar-refractivity contribution is 0.415. The smallest absolute Gasteiger partial charge is 0.262 e. The Morgan fingerprint density at radius 3 is 2.32 bits per heavy atom. The molecule has 3 N–H and O–H groups in total. The van der Waals surface area contributed by atoms with E-state index in [9.17, 15) is 8.42 Å². The van der Waals surface area contributed by atoms with Crippen LogP contribution in [0.2, 0.25) is 5.02 Å². The summed E-state index contributed by atoms with van der Waals surface area (Å²) >= 11 is 11.2. The maximum Gasteiger partial charge on any atom is 0.262 e. The second-order valence-electron chi connectivity index (χ2n) is 6.29. The molecule has 3 rings (SSSR count). The minimum Gasteiger partial charge on any atom is -0.497 e. The average Bonchev–Trinajstić information content (AvgIpc) is 2.75. The Kier molecular flexibility index (Phi) is 7.21. The van der Waals surface area contributed by atoms with Gasteiger partial charge in [0, 0.05) is 28.5 Å². The van der Waals surface area contributed by atoms with E-state index in [1.165, 1.54) is 19.2 Å². The Morgan fingerprint density at radius 2 is 1.65 bits per heavy atom. The number of halogens is 1. The van der Waals surface area contributed by atoms with Gasteiger partial charge in [-0.1, -0.05) is 17.7 Å². The number of hydrogen-bond acceptors (Lipinski definition) is 5. The monoisotopic (exact) mass is 477 g/mol. The molecule has 31 heavy (non-hydrogen) atoms. The molecule has 0 saturated heterocycles. The largest absolute Gasteiger partial charge is 0.497 e. The van der Waals surface area contributed by atoms with Crippen LogP contribution in [0.15, 0.2) is 71.6 Å². The van der Waals surface area contributed by atoms with Gasteiger partial charge in [0.05, 0.1) is 24.8 Å². The first-order valence-electron chi connectivity index (χ1n) is 8.99. The number of benzene rings is 3. The molecule has 0 spiro atoms. The number of ether oxygens (including phenoxy) is 2. The maximum absolute atomic E-state index is 12.7. The molecule has 0 atom stereocenters. The van der Waals surface area contributed by atoms with Crippen molar-refractivity contribution in [1.29, 1.82) is 0 Å². The van der Waals surface area contributed by atoms with Crippen molar-refractivity contribution in [2.75, 3.05) is 29.6 Å². The van der Waals surface area contributed by atoms with Crippen LogP contribution < -0.4 is 24.8 Å². The summed E-state index contributed by atoms with van der Waals surface area (Å²) in [5.74, 6) is 1.00. The van der Waals surface area contributed by atoms with Crippen molar-refractivity contribution >= 4 is 56.0 Å². The van der Waals surface area contributed by atoms with Crippen LogP contribution in [0.5, 0.6) is 11.5 Å². The van der Waals surface area contributed by atoms with Crippen LogP contribution in [0.1, 0.15) is 0 Å². The van der Waals surface area contributed by atoms with Gasteiger partial charge in [0.1, 0.15) is 11.5 Å². The van der Waals surface area contributed by atoms with E-state index in [-0.39, 0.29) is 4.90 Å². The highest BCUT2D eigenvalue weighted by Gasteiger charge is 2.17. The van der Waals surface area contributed by atoms with Gasteiger partial charge in [-0.25, -0.2) is 8.42 Å². The number of methoxy groups -OCH3 is 2. The SMILES string of the molecule is COc1cccc(NC(=S)Nc2ccc(S(=O)(=O)Nc3ccc(Cl)cc3)cc2OC)c1. The quantitative estimate of drug-likeness (QED) is 0.414.